The van der Waals surface area contributed by atoms with Gasteiger partial charge in [-0.3, -0.25) is 4.79 Å². The molecule has 0 heterocycles. The molecule has 17 heavy (non-hydrogen) atoms. The second-order valence-electron chi connectivity index (χ2n) is 4.48. The van der Waals surface area contributed by atoms with Crippen molar-refractivity contribution in [2.45, 2.75) is 39.2 Å². The van der Waals surface area contributed by atoms with Gasteiger partial charge in [-0.2, -0.15) is 12.6 Å². The molecule has 0 aromatic rings. The minimum absolute atomic E-state index is 0.273. The van der Waals surface area contributed by atoms with Crippen molar-refractivity contribution in [2.24, 2.45) is 0 Å². The average Bonchev–Trinajstić information content (AvgIpc) is 2.19. The molecule has 5 nitrogen and oxygen atoms in total. The maximum Gasteiger partial charge on any atom is 0.407 e. The molecule has 0 radical (unpaired) electrons. The second kappa shape index (κ2) is 8.22. The molecule has 0 aromatic heterocycles. The molecule has 0 aliphatic rings. The zero-order valence-electron chi connectivity index (χ0n) is 10.6. The summed E-state index contributed by atoms with van der Waals surface area (Å²) < 4.78 is 9.85. The van der Waals surface area contributed by atoms with Crippen LogP contribution in [0.4, 0.5) is 4.79 Å². The number of rotatable bonds is 6. The van der Waals surface area contributed by atoms with E-state index in [2.05, 4.69) is 17.9 Å². The third-order valence-electron chi connectivity index (χ3n) is 1.58. The second-order valence-corrected chi connectivity index (χ2v) is 4.92. The minimum Gasteiger partial charge on any atom is -0.465 e. The van der Waals surface area contributed by atoms with Gasteiger partial charge in [0.15, 0.2) is 0 Å². The summed E-state index contributed by atoms with van der Waals surface area (Å²) in [6.45, 7) is 6.09. The molecule has 0 unspecified atom stereocenters. The number of carbonyl (C=O) groups is 2. The fraction of sp³-hybridized carbons (Fsp3) is 0.818. The topological polar surface area (TPSA) is 64.6 Å². The van der Waals surface area contributed by atoms with Gasteiger partial charge in [0.25, 0.3) is 0 Å². The van der Waals surface area contributed by atoms with Crippen LogP contribution in [-0.4, -0.2) is 36.6 Å². The van der Waals surface area contributed by atoms with E-state index in [4.69, 9.17) is 9.47 Å². The van der Waals surface area contributed by atoms with Crippen molar-refractivity contribution in [3.8, 4) is 0 Å². The molecule has 100 valence electrons. The third kappa shape index (κ3) is 11.4. The number of ether oxygens (including phenoxy) is 2. The molecular weight excluding hydrogens is 242 g/mol. The summed E-state index contributed by atoms with van der Waals surface area (Å²) in [5.41, 5.74) is -0.504. The maximum atomic E-state index is 11.2. The van der Waals surface area contributed by atoms with Crippen LogP contribution in [0.25, 0.3) is 0 Å². The van der Waals surface area contributed by atoms with Crippen LogP contribution in [0, 0.1) is 0 Å². The highest BCUT2D eigenvalue weighted by Gasteiger charge is 2.15. The van der Waals surface area contributed by atoms with Gasteiger partial charge in [0.2, 0.25) is 0 Å². The average molecular weight is 263 g/mol. The SMILES string of the molecule is CC(C)(C)OC(=O)NCCCC(=O)OCCS. The quantitative estimate of drug-likeness (QED) is 0.435. The Morgan fingerprint density at radius 3 is 2.47 bits per heavy atom. The van der Waals surface area contributed by atoms with Gasteiger partial charge in [0.05, 0.1) is 0 Å². The summed E-state index contributed by atoms with van der Waals surface area (Å²) in [4.78, 5) is 22.3. The van der Waals surface area contributed by atoms with E-state index in [1.54, 1.807) is 20.8 Å². The zero-order valence-corrected chi connectivity index (χ0v) is 11.5. The third-order valence-corrected chi connectivity index (χ3v) is 1.76. The number of thiol groups is 1. The molecule has 6 heteroatoms. The van der Waals surface area contributed by atoms with E-state index < -0.39 is 11.7 Å². The first-order valence-electron chi connectivity index (χ1n) is 5.58. The zero-order chi connectivity index (χ0) is 13.3. The summed E-state index contributed by atoms with van der Waals surface area (Å²) in [6, 6.07) is 0. The molecule has 0 saturated heterocycles. The van der Waals surface area contributed by atoms with Crippen LogP contribution in [0.15, 0.2) is 0 Å². The van der Waals surface area contributed by atoms with E-state index in [0.29, 0.717) is 25.3 Å². The molecule has 0 fully saturated rings. The van der Waals surface area contributed by atoms with E-state index in [0.717, 1.165) is 0 Å². The summed E-state index contributed by atoms with van der Waals surface area (Å²) >= 11 is 3.92. The molecule has 1 N–H and O–H groups in total. The lowest BCUT2D eigenvalue weighted by Gasteiger charge is -2.19. The van der Waals surface area contributed by atoms with Gasteiger partial charge in [0.1, 0.15) is 12.2 Å². The van der Waals surface area contributed by atoms with Crippen molar-refractivity contribution >= 4 is 24.7 Å². The molecule has 0 bridgehead atoms. The Hall–Kier alpha value is -0.910. The summed E-state index contributed by atoms with van der Waals surface area (Å²) in [6.07, 6.45) is 0.343. The summed E-state index contributed by atoms with van der Waals surface area (Å²) in [7, 11) is 0. The number of amides is 1. The predicted molar refractivity (Wildman–Crippen MR) is 68.3 cm³/mol. The van der Waals surface area contributed by atoms with Crippen LogP contribution in [0.1, 0.15) is 33.6 Å². The Labute approximate surface area is 108 Å². The van der Waals surface area contributed by atoms with Gasteiger partial charge < -0.3 is 14.8 Å². The predicted octanol–water partition coefficient (Wildman–Crippen LogP) is 1.76. The molecule has 0 aliphatic heterocycles. The highest BCUT2D eigenvalue weighted by atomic mass is 32.1. The number of alkyl carbamates (subject to hydrolysis) is 1. The van der Waals surface area contributed by atoms with Gasteiger partial charge in [-0.1, -0.05) is 0 Å². The van der Waals surface area contributed by atoms with Crippen LogP contribution in [-0.2, 0) is 14.3 Å². The molecular formula is C11H21NO4S. The highest BCUT2D eigenvalue weighted by molar-refractivity contribution is 7.80. The van der Waals surface area contributed by atoms with Crippen LogP contribution >= 0.6 is 12.6 Å². The lowest BCUT2D eigenvalue weighted by molar-refractivity contribution is -0.143. The number of esters is 1. The van der Waals surface area contributed by atoms with E-state index in [9.17, 15) is 9.59 Å². The number of nitrogens with one attached hydrogen (secondary N) is 1. The van der Waals surface area contributed by atoms with E-state index in [1.807, 2.05) is 0 Å². The van der Waals surface area contributed by atoms with Crippen LogP contribution in [0.3, 0.4) is 0 Å². The Morgan fingerprint density at radius 2 is 1.94 bits per heavy atom. The van der Waals surface area contributed by atoms with Gasteiger partial charge >= 0.3 is 12.1 Å². The fourth-order valence-electron chi connectivity index (χ4n) is 0.969. The van der Waals surface area contributed by atoms with Gasteiger partial charge in [-0.25, -0.2) is 4.79 Å². The molecule has 0 rings (SSSR count). The first-order valence-corrected chi connectivity index (χ1v) is 6.22. The first kappa shape index (κ1) is 16.1. The monoisotopic (exact) mass is 263 g/mol. The van der Waals surface area contributed by atoms with Crippen molar-refractivity contribution < 1.29 is 19.1 Å². The van der Waals surface area contributed by atoms with Gasteiger partial charge in [-0.15, -0.1) is 0 Å². The molecule has 0 aromatic carbocycles. The van der Waals surface area contributed by atoms with Crippen molar-refractivity contribution in [3.05, 3.63) is 0 Å². The minimum atomic E-state index is -0.504. The fourth-order valence-corrected chi connectivity index (χ4v) is 1.06. The van der Waals surface area contributed by atoms with Crippen LogP contribution in [0.5, 0.6) is 0 Å². The largest absolute Gasteiger partial charge is 0.465 e. The summed E-state index contributed by atoms with van der Waals surface area (Å²) in [5.74, 6) is 0.243. The Balaban J connectivity index is 3.51. The van der Waals surface area contributed by atoms with Crippen molar-refractivity contribution in [1.82, 2.24) is 5.32 Å². The maximum absolute atomic E-state index is 11.2. The van der Waals surface area contributed by atoms with Crippen molar-refractivity contribution in [1.29, 1.82) is 0 Å². The van der Waals surface area contributed by atoms with E-state index in [1.165, 1.54) is 0 Å². The molecule has 0 saturated carbocycles. The Kier molecular flexibility index (Phi) is 7.78. The van der Waals surface area contributed by atoms with E-state index >= 15 is 0 Å². The Morgan fingerprint density at radius 1 is 1.29 bits per heavy atom. The first-order chi connectivity index (χ1) is 7.85. The number of carbonyl (C=O) groups excluding carboxylic acids is 2. The van der Waals surface area contributed by atoms with Gasteiger partial charge in [0, 0.05) is 18.7 Å². The van der Waals surface area contributed by atoms with E-state index in [-0.39, 0.29) is 12.4 Å². The highest BCUT2D eigenvalue weighted by Crippen LogP contribution is 2.06. The standard InChI is InChI=1S/C11H21NO4S/c1-11(2,3)16-10(14)12-6-4-5-9(13)15-7-8-17/h17H,4-8H2,1-3H3,(H,12,14). The smallest absolute Gasteiger partial charge is 0.407 e. The van der Waals surface area contributed by atoms with Crippen molar-refractivity contribution in [2.75, 3.05) is 18.9 Å². The number of hydrogen-bond acceptors (Lipinski definition) is 5. The van der Waals surface area contributed by atoms with Crippen molar-refractivity contribution in [3.63, 3.8) is 0 Å². The normalized spacial score (nSPS) is 10.8. The van der Waals surface area contributed by atoms with Crippen LogP contribution < -0.4 is 5.32 Å². The van der Waals surface area contributed by atoms with Gasteiger partial charge in [-0.05, 0) is 27.2 Å². The summed E-state index contributed by atoms with van der Waals surface area (Å²) in [5, 5.41) is 2.57. The van der Waals surface area contributed by atoms with Crippen LogP contribution in [0.2, 0.25) is 0 Å². The molecule has 0 spiro atoms. The lowest BCUT2D eigenvalue weighted by Crippen LogP contribution is -2.33. The molecule has 0 atom stereocenters. The molecule has 1 amide bonds. The Bertz CT molecular complexity index is 250. The lowest BCUT2D eigenvalue weighted by atomic mass is 10.2. The number of hydrogen-bond donors (Lipinski definition) is 2. The molecule has 0 aliphatic carbocycles.